The monoisotopic (exact) mass is 303 g/mol. The number of pyridine rings is 1. The van der Waals surface area contributed by atoms with Crippen molar-refractivity contribution in [3.8, 4) is 0 Å². The molecule has 0 radical (unpaired) electrons. The van der Waals surface area contributed by atoms with Gasteiger partial charge in [0.2, 0.25) is 0 Å². The SMILES string of the molecule is Cc1cc(I)nc(C(F)F)c1Cl. The van der Waals surface area contributed by atoms with E-state index in [1.165, 1.54) is 0 Å². The predicted molar refractivity (Wildman–Crippen MR) is 51.7 cm³/mol. The number of rotatable bonds is 1. The fourth-order valence-corrected chi connectivity index (χ4v) is 1.69. The molecule has 0 fully saturated rings. The summed E-state index contributed by atoms with van der Waals surface area (Å²) in [6.07, 6.45) is -2.61. The Hall–Kier alpha value is 0.0300. The molecule has 0 N–H and O–H groups in total. The molecule has 0 aliphatic heterocycles. The van der Waals surface area contributed by atoms with Gasteiger partial charge >= 0.3 is 0 Å². The van der Waals surface area contributed by atoms with Gasteiger partial charge in [0.1, 0.15) is 9.39 Å². The summed E-state index contributed by atoms with van der Waals surface area (Å²) in [6.45, 7) is 1.68. The maximum absolute atomic E-state index is 12.2. The van der Waals surface area contributed by atoms with Crippen molar-refractivity contribution in [3.63, 3.8) is 0 Å². The van der Waals surface area contributed by atoms with Crippen LogP contribution in [0.4, 0.5) is 8.78 Å². The third-order valence-electron chi connectivity index (χ3n) is 1.34. The Bertz CT molecular complexity index is 304. The summed E-state index contributed by atoms with van der Waals surface area (Å²) in [5.41, 5.74) is 0.299. The van der Waals surface area contributed by atoms with Crippen LogP contribution in [-0.2, 0) is 0 Å². The molecule has 1 aromatic heterocycles. The predicted octanol–water partition coefficient (Wildman–Crippen LogP) is 3.59. The fourth-order valence-electron chi connectivity index (χ4n) is 0.785. The molecule has 5 heteroatoms. The van der Waals surface area contributed by atoms with Gasteiger partial charge in [-0.1, -0.05) is 11.6 Å². The lowest BCUT2D eigenvalue weighted by atomic mass is 10.2. The summed E-state index contributed by atoms with van der Waals surface area (Å²) < 4.78 is 25.0. The highest BCUT2D eigenvalue weighted by atomic mass is 127. The zero-order valence-electron chi connectivity index (χ0n) is 6.11. The van der Waals surface area contributed by atoms with Crippen molar-refractivity contribution in [3.05, 3.63) is 26.0 Å². The van der Waals surface area contributed by atoms with Crippen LogP contribution in [0.5, 0.6) is 0 Å². The van der Waals surface area contributed by atoms with E-state index >= 15 is 0 Å². The zero-order valence-corrected chi connectivity index (χ0v) is 9.03. The average molecular weight is 303 g/mol. The van der Waals surface area contributed by atoms with Crippen LogP contribution in [-0.4, -0.2) is 4.98 Å². The number of hydrogen-bond donors (Lipinski definition) is 0. The number of halogens is 4. The Morgan fingerprint density at radius 2 is 2.17 bits per heavy atom. The van der Waals surface area contributed by atoms with E-state index in [9.17, 15) is 8.78 Å². The van der Waals surface area contributed by atoms with E-state index in [1.54, 1.807) is 13.0 Å². The van der Waals surface area contributed by atoms with Gasteiger partial charge in [-0.25, -0.2) is 13.8 Å². The lowest BCUT2D eigenvalue weighted by Crippen LogP contribution is -1.96. The molecule has 0 saturated carbocycles. The first-order chi connectivity index (χ1) is 5.52. The molecule has 0 spiro atoms. The Morgan fingerprint density at radius 3 is 2.67 bits per heavy atom. The molecule has 0 unspecified atom stereocenters. The first-order valence-electron chi connectivity index (χ1n) is 3.13. The van der Waals surface area contributed by atoms with Crippen molar-refractivity contribution in [2.24, 2.45) is 0 Å². The Kier molecular flexibility index (Phi) is 3.22. The van der Waals surface area contributed by atoms with Crippen LogP contribution in [0.3, 0.4) is 0 Å². The van der Waals surface area contributed by atoms with Crippen LogP contribution in [0.1, 0.15) is 17.7 Å². The van der Waals surface area contributed by atoms with Crippen LogP contribution >= 0.6 is 34.2 Å². The third-order valence-corrected chi connectivity index (χ3v) is 2.39. The van der Waals surface area contributed by atoms with Crippen molar-refractivity contribution in [1.29, 1.82) is 0 Å². The summed E-state index contributed by atoms with van der Waals surface area (Å²) in [5, 5.41) is 0.0606. The van der Waals surface area contributed by atoms with E-state index in [1.807, 2.05) is 22.6 Å². The minimum absolute atomic E-state index is 0.0606. The lowest BCUT2D eigenvalue weighted by molar-refractivity contribution is 0.146. The first kappa shape index (κ1) is 10.1. The van der Waals surface area contributed by atoms with Crippen LogP contribution in [0, 0.1) is 10.6 Å². The number of alkyl halides is 2. The first-order valence-corrected chi connectivity index (χ1v) is 4.58. The lowest BCUT2D eigenvalue weighted by Gasteiger charge is -2.05. The second-order valence-electron chi connectivity index (χ2n) is 2.26. The molecule has 0 amide bonds. The molecular formula is C7H5ClF2IN. The highest BCUT2D eigenvalue weighted by molar-refractivity contribution is 14.1. The van der Waals surface area contributed by atoms with Gasteiger partial charge in [0.05, 0.1) is 5.02 Å². The summed E-state index contributed by atoms with van der Waals surface area (Å²) >= 11 is 7.49. The molecule has 12 heavy (non-hydrogen) atoms. The topological polar surface area (TPSA) is 12.9 Å². The summed E-state index contributed by atoms with van der Waals surface area (Å²) in [5.74, 6) is 0. The van der Waals surface area contributed by atoms with Crippen LogP contribution in [0.25, 0.3) is 0 Å². The normalized spacial score (nSPS) is 10.8. The van der Waals surface area contributed by atoms with E-state index in [0.29, 0.717) is 9.26 Å². The van der Waals surface area contributed by atoms with Gasteiger partial charge in [-0.05, 0) is 41.1 Å². The van der Waals surface area contributed by atoms with Crippen molar-refractivity contribution in [1.82, 2.24) is 4.98 Å². The van der Waals surface area contributed by atoms with Crippen LogP contribution in [0.2, 0.25) is 5.02 Å². The maximum atomic E-state index is 12.2. The van der Waals surface area contributed by atoms with E-state index < -0.39 is 6.43 Å². The summed E-state index contributed by atoms with van der Waals surface area (Å²) in [7, 11) is 0. The molecule has 1 aromatic rings. The molecule has 0 atom stereocenters. The number of nitrogens with zero attached hydrogens (tertiary/aromatic N) is 1. The minimum Gasteiger partial charge on any atom is -0.239 e. The maximum Gasteiger partial charge on any atom is 0.281 e. The van der Waals surface area contributed by atoms with E-state index in [4.69, 9.17) is 11.6 Å². The molecular weight excluding hydrogens is 298 g/mol. The number of hydrogen-bond acceptors (Lipinski definition) is 1. The van der Waals surface area contributed by atoms with Gasteiger partial charge in [0, 0.05) is 0 Å². The van der Waals surface area contributed by atoms with Gasteiger partial charge in [-0.3, -0.25) is 0 Å². The van der Waals surface area contributed by atoms with Crippen molar-refractivity contribution in [2.45, 2.75) is 13.3 Å². The number of aryl methyl sites for hydroxylation is 1. The smallest absolute Gasteiger partial charge is 0.239 e. The highest BCUT2D eigenvalue weighted by Gasteiger charge is 2.15. The molecule has 0 saturated heterocycles. The third kappa shape index (κ3) is 2.04. The summed E-state index contributed by atoms with van der Waals surface area (Å²) in [4.78, 5) is 3.64. The largest absolute Gasteiger partial charge is 0.281 e. The molecule has 0 aliphatic carbocycles. The van der Waals surface area contributed by atoms with Crippen LogP contribution < -0.4 is 0 Å². The molecule has 1 rings (SSSR count). The second-order valence-corrected chi connectivity index (χ2v) is 3.75. The Morgan fingerprint density at radius 1 is 1.58 bits per heavy atom. The summed E-state index contributed by atoms with van der Waals surface area (Å²) in [6, 6.07) is 1.66. The van der Waals surface area contributed by atoms with Crippen molar-refractivity contribution in [2.75, 3.05) is 0 Å². The van der Waals surface area contributed by atoms with E-state index in [-0.39, 0.29) is 10.7 Å². The minimum atomic E-state index is -2.61. The van der Waals surface area contributed by atoms with Crippen LogP contribution in [0.15, 0.2) is 6.07 Å². The molecule has 0 aromatic carbocycles. The van der Waals surface area contributed by atoms with Crippen molar-refractivity contribution < 1.29 is 8.78 Å². The second kappa shape index (κ2) is 3.83. The van der Waals surface area contributed by atoms with E-state index in [0.717, 1.165) is 0 Å². The fraction of sp³-hybridized carbons (Fsp3) is 0.286. The molecule has 1 heterocycles. The van der Waals surface area contributed by atoms with Crippen molar-refractivity contribution >= 4 is 34.2 Å². The Labute approximate surface area is 87.3 Å². The highest BCUT2D eigenvalue weighted by Crippen LogP contribution is 2.28. The van der Waals surface area contributed by atoms with Gasteiger partial charge in [-0.2, -0.15) is 0 Å². The van der Waals surface area contributed by atoms with Gasteiger partial charge in [-0.15, -0.1) is 0 Å². The van der Waals surface area contributed by atoms with E-state index in [2.05, 4.69) is 4.98 Å². The molecule has 66 valence electrons. The molecule has 0 bridgehead atoms. The Balaban J connectivity index is 3.28. The number of aromatic nitrogens is 1. The zero-order chi connectivity index (χ0) is 9.30. The molecule has 0 aliphatic rings. The average Bonchev–Trinajstić information content (AvgIpc) is 1.96. The standard InChI is InChI=1S/C7H5ClF2IN/c1-3-2-4(11)12-6(5(3)8)7(9)10/h2,7H,1H3. The van der Waals surface area contributed by atoms with Gasteiger partial charge in [0.25, 0.3) is 6.43 Å². The molecule has 1 nitrogen and oxygen atoms in total. The quantitative estimate of drug-likeness (QED) is 0.571. The van der Waals surface area contributed by atoms with Gasteiger partial charge in [0.15, 0.2) is 0 Å². The van der Waals surface area contributed by atoms with Gasteiger partial charge < -0.3 is 0 Å².